The maximum atomic E-state index is 12.7. The molecule has 0 aromatic heterocycles. The van der Waals surface area contributed by atoms with Gasteiger partial charge in [0.05, 0.1) is 11.5 Å². The number of carbonyl (C=O) groups is 1. The molecular weight excluding hydrogens is 340 g/mol. The van der Waals surface area contributed by atoms with Gasteiger partial charge in [0.25, 0.3) is 0 Å². The Balaban J connectivity index is 1.74. The number of fused-ring (bicyclic) bond motifs is 1. The van der Waals surface area contributed by atoms with E-state index in [1.807, 2.05) is 13.0 Å². The molecule has 0 unspecified atom stereocenters. The van der Waals surface area contributed by atoms with Crippen LogP contribution < -0.4 is 0 Å². The zero-order chi connectivity index (χ0) is 17.9. The van der Waals surface area contributed by atoms with Gasteiger partial charge in [0.2, 0.25) is 10.0 Å². The van der Waals surface area contributed by atoms with Crippen molar-refractivity contribution in [2.45, 2.75) is 50.5 Å². The molecule has 0 radical (unpaired) electrons. The first kappa shape index (κ1) is 18.2. The molecule has 3 rings (SSSR count). The number of carbonyl (C=O) groups excluding carboxylic acids is 1. The van der Waals surface area contributed by atoms with Gasteiger partial charge in [-0.15, -0.1) is 0 Å². The van der Waals surface area contributed by atoms with E-state index < -0.39 is 10.0 Å². The monoisotopic (exact) mass is 366 g/mol. The summed E-state index contributed by atoms with van der Waals surface area (Å²) in [5.41, 5.74) is 2.01. The molecule has 6 nitrogen and oxygen atoms in total. The standard InChI is InChI=1S/C18H26N2O4S/c1-2-3-12-24-18(21)19-11-8-15-6-7-17(13-16(15)14-19)25(22,23)20-9-4-5-10-20/h6-7,13H,2-5,8-12,14H2,1H3. The zero-order valence-corrected chi connectivity index (χ0v) is 15.6. The van der Waals surface area contributed by atoms with Crippen LogP contribution in [0.1, 0.15) is 43.7 Å². The van der Waals surface area contributed by atoms with Crippen LogP contribution >= 0.6 is 0 Å². The SMILES string of the molecule is CCCCOC(=O)N1CCc2ccc(S(=O)(=O)N3CCCC3)cc2C1. The summed E-state index contributed by atoms with van der Waals surface area (Å²) in [6.45, 7) is 4.68. The van der Waals surface area contributed by atoms with Crippen molar-refractivity contribution in [2.24, 2.45) is 0 Å². The molecule has 2 aliphatic heterocycles. The molecule has 1 fully saturated rings. The van der Waals surface area contributed by atoms with Gasteiger partial charge in [0, 0.05) is 26.2 Å². The van der Waals surface area contributed by atoms with Crippen molar-refractivity contribution in [1.29, 1.82) is 0 Å². The number of sulfonamides is 1. The maximum absolute atomic E-state index is 12.7. The molecule has 0 aliphatic carbocycles. The van der Waals surface area contributed by atoms with Crippen molar-refractivity contribution in [3.8, 4) is 0 Å². The Morgan fingerprint density at radius 3 is 2.64 bits per heavy atom. The van der Waals surface area contributed by atoms with E-state index in [9.17, 15) is 13.2 Å². The fraction of sp³-hybridized carbons (Fsp3) is 0.611. The molecule has 0 bridgehead atoms. The molecule has 1 aromatic rings. The van der Waals surface area contributed by atoms with Crippen molar-refractivity contribution >= 4 is 16.1 Å². The third-order valence-corrected chi connectivity index (χ3v) is 6.77. The van der Waals surface area contributed by atoms with E-state index >= 15 is 0 Å². The van der Waals surface area contributed by atoms with Crippen molar-refractivity contribution in [1.82, 2.24) is 9.21 Å². The zero-order valence-electron chi connectivity index (χ0n) is 14.7. The second-order valence-corrected chi connectivity index (χ2v) is 8.62. The van der Waals surface area contributed by atoms with Crippen LogP contribution in [0.3, 0.4) is 0 Å². The molecular formula is C18H26N2O4S. The second-order valence-electron chi connectivity index (χ2n) is 6.68. The number of nitrogens with zero attached hydrogens (tertiary/aromatic N) is 2. The number of hydrogen-bond acceptors (Lipinski definition) is 4. The first-order valence-corrected chi connectivity index (χ1v) is 10.5. The van der Waals surface area contributed by atoms with E-state index in [0.29, 0.717) is 37.7 Å². The molecule has 138 valence electrons. The van der Waals surface area contributed by atoms with E-state index in [2.05, 4.69) is 0 Å². The number of rotatable bonds is 5. The number of hydrogen-bond donors (Lipinski definition) is 0. The first-order valence-electron chi connectivity index (χ1n) is 9.06. The smallest absolute Gasteiger partial charge is 0.410 e. The van der Waals surface area contributed by atoms with E-state index in [0.717, 1.165) is 43.2 Å². The van der Waals surface area contributed by atoms with Crippen molar-refractivity contribution < 1.29 is 17.9 Å². The molecule has 7 heteroatoms. The molecule has 0 atom stereocenters. The Kier molecular flexibility index (Phi) is 5.64. The quantitative estimate of drug-likeness (QED) is 0.752. The van der Waals surface area contributed by atoms with Gasteiger partial charge >= 0.3 is 6.09 Å². The Morgan fingerprint density at radius 2 is 1.92 bits per heavy atom. The predicted octanol–water partition coefficient (Wildman–Crippen LogP) is 2.77. The maximum Gasteiger partial charge on any atom is 0.410 e. The summed E-state index contributed by atoms with van der Waals surface area (Å²) in [6, 6.07) is 5.31. The number of amides is 1. The third kappa shape index (κ3) is 3.98. The van der Waals surface area contributed by atoms with Gasteiger partial charge in [-0.25, -0.2) is 13.2 Å². The van der Waals surface area contributed by atoms with Gasteiger partial charge in [-0.1, -0.05) is 19.4 Å². The molecule has 1 amide bonds. The first-order chi connectivity index (χ1) is 12.0. The van der Waals surface area contributed by atoms with E-state index in [-0.39, 0.29) is 6.09 Å². The highest BCUT2D eigenvalue weighted by Crippen LogP contribution is 2.26. The summed E-state index contributed by atoms with van der Waals surface area (Å²) in [7, 11) is -3.43. The lowest BCUT2D eigenvalue weighted by atomic mass is 10.0. The fourth-order valence-electron chi connectivity index (χ4n) is 3.32. The average Bonchev–Trinajstić information content (AvgIpc) is 3.16. The molecule has 0 saturated carbocycles. The van der Waals surface area contributed by atoms with Crippen LogP contribution in [0, 0.1) is 0 Å². The van der Waals surface area contributed by atoms with Crippen LogP contribution in [0.2, 0.25) is 0 Å². The van der Waals surface area contributed by atoms with Crippen molar-refractivity contribution in [3.05, 3.63) is 29.3 Å². The minimum absolute atomic E-state index is 0.313. The predicted molar refractivity (Wildman–Crippen MR) is 94.8 cm³/mol. The summed E-state index contributed by atoms with van der Waals surface area (Å²) < 4.78 is 32.3. The fourth-order valence-corrected chi connectivity index (χ4v) is 4.89. The molecule has 2 aliphatic rings. The summed E-state index contributed by atoms with van der Waals surface area (Å²) in [6.07, 6.45) is 4.08. The summed E-state index contributed by atoms with van der Waals surface area (Å²) >= 11 is 0. The number of ether oxygens (including phenoxy) is 1. The second kappa shape index (κ2) is 7.74. The van der Waals surface area contributed by atoms with E-state index in [4.69, 9.17) is 4.74 Å². The highest BCUT2D eigenvalue weighted by atomic mass is 32.2. The van der Waals surface area contributed by atoms with Gasteiger partial charge < -0.3 is 9.64 Å². The molecule has 1 aromatic carbocycles. The van der Waals surface area contributed by atoms with Gasteiger partial charge in [0.1, 0.15) is 0 Å². The van der Waals surface area contributed by atoms with Crippen LogP contribution in [0.25, 0.3) is 0 Å². The van der Waals surface area contributed by atoms with Crippen LogP contribution in [-0.2, 0) is 27.7 Å². The summed E-state index contributed by atoms with van der Waals surface area (Å²) in [5, 5.41) is 0. The normalized spacial score (nSPS) is 18.2. The highest BCUT2D eigenvalue weighted by molar-refractivity contribution is 7.89. The Labute approximate surface area is 149 Å². The van der Waals surface area contributed by atoms with Crippen LogP contribution in [0.15, 0.2) is 23.1 Å². The summed E-state index contributed by atoms with van der Waals surface area (Å²) in [5.74, 6) is 0. The molecule has 2 heterocycles. The van der Waals surface area contributed by atoms with Crippen molar-refractivity contribution in [2.75, 3.05) is 26.2 Å². The minimum atomic E-state index is -3.43. The average molecular weight is 366 g/mol. The Hall–Kier alpha value is -1.60. The van der Waals surface area contributed by atoms with Gasteiger partial charge in [-0.3, -0.25) is 0 Å². The molecule has 0 spiro atoms. The summed E-state index contributed by atoms with van der Waals surface area (Å²) in [4.78, 5) is 14.1. The Bertz CT molecular complexity index is 727. The third-order valence-electron chi connectivity index (χ3n) is 4.87. The molecule has 25 heavy (non-hydrogen) atoms. The largest absolute Gasteiger partial charge is 0.449 e. The van der Waals surface area contributed by atoms with Gasteiger partial charge in [-0.05, 0) is 48.9 Å². The lowest BCUT2D eigenvalue weighted by molar-refractivity contribution is 0.0966. The van der Waals surface area contributed by atoms with Crippen LogP contribution in [-0.4, -0.2) is 50.0 Å². The van der Waals surface area contributed by atoms with Crippen molar-refractivity contribution in [3.63, 3.8) is 0 Å². The lowest BCUT2D eigenvalue weighted by Gasteiger charge is -2.28. The van der Waals surface area contributed by atoms with Crippen LogP contribution in [0.5, 0.6) is 0 Å². The van der Waals surface area contributed by atoms with Crippen LogP contribution in [0.4, 0.5) is 4.79 Å². The molecule has 0 N–H and O–H groups in total. The molecule has 1 saturated heterocycles. The highest BCUT2D eigenvalue weighted by Gasteiger charge is 2.29. The van der Waals surface area contributed by atoms with E-state index in [1.165, 1.54) is 0 Å². The number of unbranched alkanes of at least 4 members (excludes halogenated alkanes) is 1. The van der Waals surface area contributed by atoms with Gasteiger partial charge in [-0.2, -0.15) is 4.31 Å². The minimum Gasteiger partial charge on any atom is -0.449 e. The Morgan fingerprint density at radius 1 is 1.16 bits per heavy atom. The number of benzene rings is 1. The topological polar surface area (TPSA) is 66.9 Å². The van der Waals surface area contributed by atoms with E-state index in [1.54, 1.807) is 21.3 Å². The van der Waals surface area contributed by atoms with Gasteiger partial charge in [0.15, 0.2) is 0 Å². The lowest BCUT2D eigenvalue weighted by Crippen LogP contribution is -2.36.